The van der Waals surface area contributed by atoms with Crippen molar-refractivity contribution in [2.24, 2.45) is 10.7 Å². The number of methoxy groups -OCH3 is 1. The highest BCUT2D eigenvalue weighted by atomic mass is 16.5. The monoisotopic (exact) mass is 544 g/mol. The summed E-state index contributed by atoms with van der Waals surface area (Å²) in [6.45, 7) is 0.420. The summed E-state index contributed by atoms with van der Waals surface area (Å²) < 4.78 is 11.8. The first kappa shape index (κ1) is 26.3. The van der Waals surface area contributed by atoms with Crippen LogP contribution in [0.1, 0.15) is 42.4 Å². The number of amides is 1. The van der Waals surface area contributed by atoms with Gasteiger partial charge in [-0.3, -0.25) is 4.79 Å². The van der Waals surface area contributed by atoms with Gasteiger partial charge < -0.3 is 20.1 Å². The molecule has 1 spiro atoms. The zero-order valence-corrected chi connectivity index (χ0v) is 23.0. The lowest BCUT2D eigenvalue weighted by Gasteiger charge is -2.23. The fourth-order valence-corrected chi connectivity index (χ4v) is 5.93. The summed E-state index contributed by atoms with van der Waals surface area (Å²) in [5.41, 5.74) is 10.4. The molecule has 1 aromatic heterocycles. The number of aliphatic imine (C=N–C) groups is 1. The van der Waals surface area contributed by atoms with Crippen molar-refractivity contribution in [1.82, 2.24) is 4.98 Å². The standard InChI is InChI=1S/C34H32N4O3/c1-40-27-14-12-24(13-15-27)23-38-32-28(34(33(38)39)17-6-7-18-34)21-25(22-30(32)41-31-11-5-8-20-36-31)29(16-19-35)37-26-9-3-2-4-10-26/h2-5,8-16,19-22H,6-7,17-18,23,35H2,1H3. The van der Waals surface area contributed by atoms with E-state index in [0.29, 0.717) is 23.9 Å². The molecule has 1 fully saturated rings. The first-order chi connectivity index (χ1) is 20.1. The number of para-hydroxylation sites is 1. The molecule has 0 saturated heterocycles. The maximum absolute atomic E-state index is 14.4. The number of benzene rings is 3. The van der Waals surface area contributed by atoms with Gasteiger partial charge in [0.05, 0.1) is 36.2 Å². The Hall–Kier alpha value is -4.91. The van der Waals surface area contributed by atoms with Crippen LogP contribution in [-0.2, 0) is 16.8 Å². The van der Waals surface area contributed by atoms with Crippen LogP contribution >= 0.6 is 0 Å². The lowest BCUT2D eigenvalue weighted by atomic mass is 9.79. The number of nitrogens with zero attached hydrogens (tertiary/aromatic N) is 3. The highest BCUT2D eigenvalue weighted by Gasteiger charge is 2.53. The van der Waals surface area contributed by atoms with E-state index in [1.165, 1.54) is 6.20 Å². The van der Waals surface area contributed by atoms with E-state index >= 15 is 0 Å². The van der Waals surface area contributed by atoms with Crippen LogP contribution in [0.15, 0.2) is 108 Å². The van der Waals surface area contributed by atoms with Gasteiger partial charge in [-0.15, -0.1) is 0 Å². The molecule has 0 atom stereocenters. The molecule has 2 N–H and O–H groups in total. The van der Waals surface area contributed by atoms with Gasteiger partial charge in [0.2, 0.25) is 11.8 Å². The summed E-state index contributed by atoms with van der Waals surface area (Å²) in [5.74, 6) is 1.90. The average molecular weight is 545 g/mol. The quantitative estimate of drug-likeness (QED) is 0.246. The number of aromatic nitrogens is 1. The molecular formula is C34H32N4O3. The number of hydrogen-bond donors (Lipinski definition) is 1. The molecule has 3 aromatic carbocycles. The summed E-state index contributed by atoms with van der Waals surface area (Å²) in [5, 5.41) is 0. The highest BCUT2D eigenvalue weighted by Crippen LogP contribution is 2.55. The molecule has 1 saturated carbocycles. The predicted octanol–water partition coefficient (Wildman–Crippen LogP) is 6.83. The van der Waals surface area contributed by atoms with Gasteiger partial charge in [-0.2, -0.15) is 0 Å². The lowest BCUT2D eigenvalue weighted by Crippen LogP contribution is -2.38. The van der Waals surface area contributed by atoms with Crippen molar-refractivity contribution in [2.45, 2.75) is 37.6 Å². The minimum absolute atomic E-state index is 0.111. The Morgan fingerprint density at radius 3 is 2.46 bits per heavy atom. The molecule has 1 aliphatic carbocycles. The van der Waals surface area contributed by atoms with Crippen LogP contribution in [-0.4, -0.2) is 23.7 Å². The molecule has 1 aliphatic heterocycles. The zero-order chi connectivity index (χ0) is 28.2. The van der Waals surface area contributed by atoms with Crippen LogP contribution in [0.3, 0.4) is 0 Å². The molecule has 4 aromatic rings. The smallest absolute Gasteiger partial charge is 0.238 e. The molecule has 0 unspecified atom stereocenters. The van der Waals surface area contributed by atoms with Gasteiger partial charge in [0.25, 0.3) is 0 Å². The van der Waals surface area contributed by atoms with Gasteiger partial charge in [0, 0.05) is 17.8 Å². The fraction of sp³-hybridized carbons (Fsp3) is 0.206. The summed E-state index contributed by atoms with van der Waals surface area (Å²) in [6, 6.07) is 27.2. The van der Waals surface area contributed by atoms with Crippen molar-refractivity contribution in [3.8, 4) is 17.4 Å². The normalized spacial score (nSPS) is 16.0. The van der Waals surface area contributed by atoms with Gasteiger partial charge in [0.15, 0.2) is 5.75 Å². The number of carbonyl (C=O) groups excluding carboxylic acids is 1. The Balaban J connectivity index is 1.54. The van der Waals surface area contributed by atoms with Crippen molar-refractivity contribution in [2.75, 3.05) is 12.0 Å². The predicted molar refractivity (Wildman–Crippen MR) is 161 cm³/mol. The summed E-state index contributed by atoms with van der Waals surface area (Å²) in [6.07, 6.45) is 8.54. The number of hydrogen-bond acceptors (Lipinski definition) is 6. The van der Waals surface area contributed by atoms with Gasteiger partial charge >= 0.3 is 0 Å². The number of carbonyl (C=O) groups is 1. The molecule has 2 heterocycles. The molecule has 0 bridgehead atoms. The van der Waals surface area contributed by atoms with Gasteiger partial charge in [0.1, 0.15) is 5.75 Å². The van der Waals surface area contributed by atoms with E-state index in [1.807, 2.05) is 83.8 Å². The van der Waals surface area contributed by atoms with E-state index in [4.69, 9.17) is 20.2 Å². The third kappa shape index (κ3) is 5.07. The van der Waals surface area contributed by atoms with Crippen LogP contribution in [0.25, 0.3) is 0 Å². The third-order valence-electron chi connectivity index (χ3n) is 7.88. The van der Waals surface area contributed by atoms with Crippen molar-refractivity contribution in [1.29, 1.82) is 0 Å². The number of pyridine rings is 1. The van der Waals surface area contributed by atoms with E-state index < -0.39 is 5.41 Å². The fourth-order valence-electron chi connectivity index (χ4n) is 5.93. The maximum atomic E-state index is 14.4. The maximum Gasteiger partial charge on any atom is 0.238 e. The first-order valence-electron chi connectivity index (χ1n) is 13.9. The number of fused-ring (bicyclic) bond motifs is 2. The Morgan fingerprint density at radius 2 is 1.78 bits per heavy atom. The molecule has 7 nitrogen and oxygen atoms in total. The topological polar surface area (TPSA) is 90.0 Å². The van der Waals surface area contributed by atoms with E-state index in [1.54, 1.807) is 19.4 Å². The largest absolute Gasteiger partial charge is 0.497 e. The summed E-state index contributed by atoms with van der Waals surface area (Å²) >= 11 is 0. The van der Waals surface area contributed by atoms with Crippen LogP contribution in [0.5, 0.6) is 17.4 Å². The Kier molecular flexibility index (Phi) is 7.25. The lowest BCUT2D eigenvalue weighted by molar-refractivity contribution is -0.123. The Labute approximate surface area is 240 Å². The first-order valence-corrected chi connectivity index (χ1v) is 13.9. The second kappa shape index (κ2) is 11.3. The molecule has 2 aliphatic rings. The average Bonchev–Trinajstić information content (AvgIpc) is 3.59. The minimum atomic E-state index is -0.607. The van der Waals surface area contributed by atoms with Gasteiger partial charge in [-0.25, -0.2) is 9.98 Å². The van der Waals surface area contributed by atoms with E-state index in [0.717, 1.165) is 59.5 Å². The van der Waals surface area contributed by atoms with Crippen LogP contribution in [0, 0.1) is 0 Å². The number of nitrogens with two attached hydrogens (primary N) is 1. The molecule has 206 valence electrons. The van der Waals surface area contributed by atoms with E-state index in [-0.39, 0.29) is 5.91 Å². The Morgan fingerprint density at radius 1 is 1.02 bits per heavy atom. The van der Waals surface area contributed by atoms with Gasteiger partial charge in [-0.05, 0) is 78.7 Å². The molecular weight excluding hydrogens is 512 g/mol. The summed E-state index contributed by atoms with van der Waals surface area (Å²) in [4.78, 5) is 25.6. The van der Waals surface area contributed by atoms with Gasteiger partial charge in [-0.1, -0.05) is 49.2 Å². The number of allylic oxidation sites excluding steroid dienone is 1. The summed E-state index contributed by atoms with van der Waals surface area (Å²) in [7, 11) is 1.65. The third-order valence-corrected chi connectivity index (χ3v) is 7.88. The van der Waals surface area contributed by atoms with Crippen LogP contribution in [0.4, 0.5) is 11.4 Å². The molecule has 1 amide bonds. The van der Waals surface area contributed by atoms with E-state index in [9.17, 15) is 4.79 Å². The Bertz CT molecular complexity index is 1590. The molecule has 6 rings (SSSR count). The van der Waals surface area contributed by atoms with Crippen molar-refractivity contribution in [3.63, 3.8) is 0 Å². The SMILES string of the molecule is COc1ccc(CN2C(=O)C3(CCCC3)c3cc(C(C=CN)=Nc4ccccc4)cc(Oc4ccccn4)c32)cc1. The molecule has 41 heavy (non-hydrogen) atoms. The zero-order valence-electron chi connectivity index (χ0n) is 23.0. The molecule has 0 radical (unpaired) electrons. The number of ether oxygens (including phenoxy) is 2. The van der Waals surface area contributed by atoms with Crippen LogP contribution < -0.4 is 20.1 Å². The van der Waals surface area contributed by atoms with Crippen molar-refractivity contribution in [3.05, 3.63) is 120 Å². The van der Waals surface area contributed by atoms with E-state index in [2.05, 4.69) is 11.1 Å². The number of rotatable bonds is 8. The second-order valence-corrected chi connectivity index (χ2v) is 10.4. The number of anilines is 1. The highest BCUT2D eigenvalue weighted by molar-refractivity contribution is 6.14. The second-order valence-electron chi connectivity index (χ2n) is 10.4. The molecule has 7 heteroatoms. The van der Waals surface area contributed by atoms with Crippen LogP contribution in [0.2, 0.25) is 0 Å². The van der Waals surface area contributed by atoms with Crippen molar-refractivity contribution < 1.29 is 14.3 Å². The minimum Gasteiger partial charge on any atom is -0.497 e. The van der Waals surface area contributed by atoms with Crippen molar-refractivity contribution >= 4 is 23.0 Å².